The Kier molecular flexibility index (Phi) is 5.96. The van der Waals surface area contributed by atoms with Crippen LogP contribution in [0.4, 0.5) is 10.7 Å². The van der Waals surface area contributed by atoms with E-state index in [0.717, 1.165) is 62.0 Å². The van der Waals surface area contributed by atoms with Crippen molar-refractivity contribution in [3.63, 3.8) is 0 Å². The van der Waals surface area contributed by atoms with Crippen molar-refractivity contribution in [2.75, 3.05) is 64.4 Å². The van der Waals surface area contributed by atoms with Gasteiger partial charge in [-0.25, -0.2) is 14.3 Å². The third kappa shape index (κ3) is 4.28. The minimum absolute atomic E-state index is 0.173. The molecule has 0 atom stereocenters. The maximum absolute atomic E-state index is 13.1. The second-order valence-corrected chi connectivity index (χ2v) is 8.53. The van der Waals surface area contributed by atoms with Crippen LogP contribution in [0.1, 0.15) is 0 Å². The Morgan fingerprint density at radius 3 is 2.53 bits per heavy atom. The predicted octanol–water partition coefficient (Wildman–Crippen LogP) is 2.11. The van der Waals surface area contributed by atoms with Crippen LogP contribution in [0.5, 0.6) is 5.75 Å². The van der Waals surface area contributed by atoms with E-state index in [1.807, 2.05) is 54.6 Å². The monoisotopic (exact) mass is 434 g/mol. The summed E-state index contributed by atoms with van der Waals surface area (Å²) in [5.74, 6) is 1.52. The summed E-state index contributed by atoms with van der Waals surface area (Å²) >= 11 is 0. The van der Waals surface area contributed by atoms with Gasteiger partial charge in [0, 0.05) is 45.3 Å². The summed E-state index contributed by atoms with van der Waals surface area (Å²) in [6.45, 7) is 7.07. The van der Waals surface area contributed by atoms with Crippen LogP contribution in [0, 0.1) is 0 Å². The van der Waals surface area contributed by atoms with Crippen LogP contribution in [0.15, 0.2) is 54.6 Å². The fraction of sp³-hybridized carbons (Fsp3) is 0.417. The van der Waals surface area contributed by atoms with E-state index in [9.17, 15) is 4.79 Å². The number of hydrogen-bond acceptors (Lipinski definition) is 6. The minimum Gasteiger partial charge on any atom is -0.492 e. The van der Waals surface area contributed by atoms with Gasteiger partial charge in [0.25, 0.3) is 0 Å². The maximum atomic E-state index is 13.1. The van der Waals surface area contributed by atoms with Gasteiger partial charge in [-0.2, -0.15) is 0 Å². The summed E-state index contributed by atoms with van der Waals surface area (Å²) in [4.78, 5) is 25.1. The smallest absolute Gasteiger partial charge is 0.329 e. The van der Waals surface area contributed by atoms with Crippen LogP contribution >= 0.6 is 0 Å². The van der Waals surface area contributed by atoms with Crippen molar-refractivity contribution in [1.82, 2.24) is 24.7 Å². The molecule has 1 amide bonds. The van der Waals surface area contributed by atoms with Gasteiger partial charge in [0.1, 0.15) is 12.4 Å². The molecular formula is C24H30N6O2. The number of carbonyl (C=O) groups is 1. The van der Waals surface area contributed by atoms with Gasteiger partial charge in [0.05, 0.1) is 17.6 Å². The number of amides is 1. The standard InChI is InChI=1S/C24H30N6O2/c1-27-12-14-28(15-13-27)19-17-29(18-19)23-26-21-9-5-6-10-22(21)30(23)24(31)25-11-16-32-20-7-3-2-4-8-20/h2-10,19H,11-18H2,1H3,(H,25,31). The minimum atomic E-state index is -0.173. The molecule has 0 radical (unpaired) electrons. The van der Waals surface area contributed by atoms with Crippen molar-refractivity contribution in [3.05, 3.63) is 54.6 Å². The summed E-state index contributed by atoms with van der Waals surface area (Å²) in [6.07, 6.45) is 0. The van der Waals surface area contributed by atoms with Gasteiger partial charge in [-0.3, -0.25) is 4.90 Å². The Bertz CT molecular complexity index is 1050. The van der Waals surface area contributed by atoms with Crippen LogP contribution in [-0.4, -0.2) is 90.9 Å². The number of rotatable bonds is 6. The number of likely N-dealkylation sites (N-methyl/N-ethyl adjacent to an activating group) is 1. The molecule has 168 valence electrons. The molecule has 2 fully saturated rings. The van der Waals surface area contributed by atoms with Crippen molar-refractivity contribution in [1.29, 1.82) is 0 Å². The van der Waals surface area contributed by atoms with Crippen molar-refractivity contribution in [2.45, 2.75) is 6.04 Å². The summed E-state index contributed by atoms with van der Waals surface area (Å²) in [5.41, 5.74) is 1.66. The van der Waals surface area contributed by atoms with Crippen LogP contribution in [0.25, 0.3) is 11.0 Å². The number of benzene rings is 2. The predicted molar refractivity (Wildman–Crippen MR) is 126 cm³/mol. The second kappa shape index (κ2) is 9.18. The molecule has 2 aliphatic rings. The summed E-state index contributed by atoms with van der Waals surface area (Å²) < 4.78 is 7.41. The van der Waals surface area contributed by atoms with Gasteiger partial charge < -0.3 is 19.9 Å². The van der Waals surface area contributed by atoms with Gasteiger partial charge in [0.15, 0.2) is 0 Å². The van der Waals surface area contributed by atoms with Crippen LogP contribution in [-0.2, 0) is 0 Å². The highest BCUT2D eigenvalue weighted by molar-refractivity contribution is 5.93. The van der Waals surface area contributed by atoms with E-state index >= 15 is 0 Å². The van der Waals surface area contributed by atoms with Gasteiger partial charge >= 0.3 is 6.03 Å². The number of fused-ring (bicyclic) bond motifs is 1. The number of anilines is 1. The van der Waals surface area contributed by atoms with E-state index in [2.05, 4.69) is 27.1 Å². The number of nitrogens with one attached hydrogen (secondary N) is 1. The molecule has 0 unspecified atom stereocenters. The molecule has 8 heteroatoms. The third-order valence-corrected chi connectivity index (χ3v) is 6.34. The second-order valence-electron chi connectivity index (χ2n) is 8.53. The number of nitrogens with zero attached hydrogens (tertiary/aromatic N) is 5. The Morgan fingerprint density at radius 1 is 1.03 bits per heavy atom. The summed E-state index contributed by atoms with van der Waals surface area (Å²) in [7, 11) is 2.18. The van der Waals surface area contributed by atoms with Crippen molar-refractivity contribution in [3.8, 4) is 5.75 Å². The average Bonchev–Trinajstić information content (AvgIpc) is 3.16. The first-order valence-corrected chi connectivity index (χ1v) is 11.3. The lowest BCUT2D eigenvalue weighted by Gasteiger charge is -2.48. The van der Waals surface area contributed by atoms with Crippen LogP contribution < -0.4 is 15.0 Å². The normalized spacial score (nSPS) is 18.0. The highest BCUT2D eigenvalue weighted by Gasteiger charge is 2.36. The number of ether oxygens (including phenoxy) is 1. The lowest BCUT2D eigenvalue weighted by atomic mass is 10.1. The lowest BCUT2D eigenvalue weighted by molar-refractivity contribution is 0.0956. The number of imidazole rings is 1. The molecule has 3 aromatic rings. The zero-order chi connectivity index (χ0) is 21.9. The number of hydrogen-bond donors (Lipinski definition) is 1. The first-order chi connectivity index (χ1) is 15.7. The van der Waals surface area contributed by atoms with Gasteiger partial charge in [-0.1, -0.05) is 30.3 Å². The molecule has 0 spiro atoms. The number of piperazine rings is 1. The molecule has 0 aliphatic carbocycles. The van der Waals surface area contributed by atoms with E-state index in [1.54, 1.807) is 4.57 Å². The molecule has 8 nitrogen and oxygen atoms in total. The SMILES string of the molecule is CN1CCN(C2CN(c3nc4ccccc4n3C(=O)NCCOc3ccccc3)C2)CC1. The molecule has 3 heterocycles. The van der Waals surface area contributed by atoms with Crippen LogP contribution in [0.3, 0.4) is 0 Å². The Labute approximate surface area is 188 Å². The summed E-state index contributed by atoms with van der Waals surface area (Å²) in [5, 5.41) is 2.99. The fourth-order valence-corrected chi connectivity index (χ4v) is 4.38. The molecule has 32 heavy (non-hydrogen) atoms. The van der Waals surface area contributed by atoms with Gasteiger partial charge in [-0.05, 0) is 31.3 Å². The molecule has 2 saturated heterocycles. The van der Waals surface area contributed by atoms with E-state index in [-0.39, 0.29) is 6.03 Å². The van der Waals surface area contributed by atoms with Gasteiger partial charge in [0.2, 0.25) is 5.95 Å². The molecule has 1 aromatic heterocycles. The molecular weight excluding hydrogens is 404 g/mol. The zero-order valence-corrected chi connectivity index (χ0v) is 18.5. The Balaban J connectivity index is 1.24. The first-order valence-electron chi connectivity index (χ1n) is 11.3. The molecule has 0 saturated carbocycles. The van der Waals surface area contributed by atoms with E-state index in [4.69, 9.17) is 9.72 Å². The Morgan fingerprint density at radius 2 is 1.75 bits per heavy atom. The largest absolute Gasteiger partial charge is 0.492 e. The van der Waals surface area contributed by atoms with E-state index in [1.165, 1.54) is 0 Å². The highest BCUT2D eigenvalue weighted by Crippen LogP contribution is 2.28. The number of para-hydroxylation sites is 3. The molecule has 2 aliphatic heterocycles. The maximum Gasteiger partial charge on any atom is 0.329 e. The zero-order valence-electron chi connectivity index (χ0n) is 18.5. The van der Waals surface area contributed by atoms with Crippen LogP contribution in [0.2, 0.25) is 0 Å². The summed E-state index contributed by atoms with van der Waals surface area (Å²) in [6, 6.07) is 17.8. The first kappa shape index (κ1) is 20.8. The highest BCUT2D eigenvalue weighted by atomic mass is 16.5. The fourth-order valence-electron chi connectivity index (χ4n) is 4.38. The van der Waals surface area contributed by atoms with E-state index in [0.29, 0.717) is 19.2 Å². The number of aromatic nitrogens is 2. The third-order valence-electron chi connectivity index (χ3n) is 6.34. The quantitative estimate of drug-likeness (QED) is 0.600. The molecule has 0 bridgehead atoms. The van der Waals surface area contributed by atoms with Crippen molar-refractivity contribution >= 4 is 23.0 Å². The Hall–Kier alpha value is -3.10. The molecule has 1 N–H and O–H groups in total. The number of carbonyl (C=O) groups excluding carboxylic acids is 1. The average molecular weight is 435 g/mol. The van der Waals surface area contributed by atoms with E-state index < -0.39 is 0 Å². The van der Waals surface area contributed by atoms with Gasteiger partial charge in [-0.15, -0.1) is 0 Å². The topological polar surface area (TPSA) is 65.9 Å². The lowest BCUT2D eigenvalue weighted by Crippen LogP contribution is -2.63. The molecule has 2 aromatic carbocycles. The van der Waals surface area contributed by atoms with Crippen molar-refractivity contribution < 1.29 is 9.53 Å². The molecule has 5 rings (SSSR count). The van der Waals surface area contributed by atoms with Crippen molar-refractivity contribution in [2.24, 2.45) is 0 Å².